The van der Waals surface area contributed by atoms with Crippen LogP contribution in [0.1, 0.15) is 13.8 Å². The van der Waals surface area contributed by atoms with E-state index in [4.69, 9.17) is 0 Å². The summed E-state index contributed by atoms with van der Waals surface area (Å²) in [4.78, 5) is 22.8. The number of allylic oxidation sites excluding steroid dienone is 2. The Kier molecular flexibility index (Phi) is 6.46. The van der Waals surface area contributed by atoms with Crippen molar-refractivity contribution in [3.05, 3.63) is 50.7 Å². The van der Waals surface area contributed by atoms with Crippen molar-refractivity contribution in [2.75, 3.05) is 14.1 Å². The molecule has 0 aliphatic rings. The molecule has 0 radical (unpaired) electrons. The first-order valence-corrected chi connectivity index (χ1v) is 5.94. The van der Waals surface area contributed by atoms with Crippen LogP contribution in [-0.4, -0.2) is 28.4 Å². The Bertz CT molecular complexity index is 412. The lowest BCUT2D eigenvalue weighted by Gasteiger charge is -2.08. The SMILES string of the molecule is C/C=C(/C=C/N(C)C)C(=C/C(C)(Br)N=O)\[N+](=O)[O-]. The van der Waals surface area contributed by atoms with Crippen LogP contribution in [0.3, 0.4) is 0 Å². The lowest BCUT2D eigenvalue weighted by atomic mass is 10.1. The molecule has 0 rings (SSSR count). The van der Waals surface area contributed by atoms with Crippen LogP contribution in [0, 0.1) is 15.0 Å². The van der Waals surface area contributed by atoms with E-state index in [2.05, 4.69) is 21.1 Å². The first-order chi connectivity index (χ1) is 8.23. The Hall–Kier alpha value is -1.50. The van der Waals surface area contributed by atoms with Crippen LogP contribution in [0.25, 0.3) is 0 Å². The third-order valence-electron chi connectivity index (χ3n) is 1.93. The fraction of sp³-hybridized carbons (Fsp3) is 0.455. The van der Waals surface area contributed by atoms with Crippen molar-refractivity contribution in [1.82, 2.24) is 4.90 Å². The largest absolute Gasteiger partial charge is 0.383 e. The van der Waals surface area contributed by atoms with E-state index in [1.54, 1.807) is 44.3 Å². The Balaban J connectivity index is 5.49. The van der Waals surface area contributed by atoms with E-state index in [1.165, 1.54) is 13.0 Å². The first kappa shape index (κ1) is 16.5. The summed E-state index contributed by atoms with van der Waals surface area (Å²) in [5, 5.41) is 13.8. The topological polar surface area (TPSA) is 75.8 Å². The molecule has 0 bridgehead atoms. The molecule has 0 aliphatic heterocycles. The van der Waals surface area contributed by atoms with Gasteiger partial charge in [-0.2, -0.15) is 0 Å². The van der Waals surface area contributed by atoms with Gasteiger partial charge in [0.2, 0.25) is 0 Å². The second-order valence-electron chi connectivity index (χ2n) is 3.93. The second-order valence-corrected chi connectivity index (χ2v) is 5.53. The molecule has 0 aliphatic carbocycles. The third-order valence-corrected chi connectivity index (χ3v) is 2.31. The highest BCUT2D eigenvalue weighted by molar-refractivity contribution is 9.10. The van der Waals surface area contributed by atoms with E-state index in [0.29, 0.717) is 5.57 Å². The van der Waals surface area contributed by atoms with Gasteiger partial charge in [0.25, 0.3) is 5.70 Å². The molecular weight excluding hydrogens is 302 g/mol. The molecule has 0 aromatic carbocycles. The highest BCUT2D eigenvalue weighted by Gasteiger charge is 2.25. The fourth-order valence-corrected chi connectivity index (χ4v) is 1.29. The summed E-state index contributed by atoms with van der Waals surface area (Å²) in [5.41, 5.74) is 0.234. The molecule has 18 heavy (non-hydrogen) atoms. The minimum Gasteiger partial charge on any atom is -0.383 e. The number of hydrogen-bond donors (Lipinski definition) is 0. The zero-order valence-corrected chi connectivity index (χ0v) is 12.3. The Morgan fingerprint density at radius 2 is 2.06 bits per heavy atom. The summed E-state index contributed by atoms with van der Waals surface area (Å²) >= 11 is 3.01. The van der Waals surface area contributed by atoms with Gasteiger partial charge in [0.15, 0.2) is 4.45 Å². The van der Waals surface area contributed by atoms with Crippen LogP contribution in [0.2, 0.25) is 0 Å². The molecule has 0 heterocycles. The van der Waals surface area contributed by atoms with Gasteiger partial charge >= 0.3 is 0 Å². The highest BCUT2D eigenvalue weighted by Crippen LogP contribution is 2.25. The number of nitrogens with zero attached hydrogens (tertiary/aromatic N) is 3. The van der Waals surface area contributed by atoms with E-state index >= 15 is 0 Å². The number of halogens is 1. The van der Waals surface area contributed by atoms with E-state index in [9.17, 15) is 15.0 Å². The van der Waals surface area contributed by atoms with Crippen LogP contribution < -0.4 is 0 Å². The smallest absolute Gasteiger partial charge is 0.275 e. The van der Waals surface area contributed by atoms with Crippen molar-refractivity contribution < 1.29 is 4.92 Å². The zero-order valence-electron chi connectivity index (χ0n) is 10.8. The average Bonchev–Trinajstić information content (AvgIpc) is 2.27. The van der Waals surface area contributed by atoms with Crippen molar-refractivity contribution in [3.63, 3.8) is 0 Å². The molecular formula is C11H16BrN3O3. The maximum Gasteiger partial charge on any atom is 0.275 e. The van der Waals surface area contributed by atoms with Gasteiger partial charge in [0.1, 0.15) is 0 Å². The average molecular weight is 318 g/mol. The highest BCUT2D eigenvalue weighted by atomic mass is 79.9. The normalized spacial score (nSPS) is 16.5. The molecule has 7 heteroatoms. The van der Waals surface area contributed by atoms with Crippen LogP contribution in [0.5, 0.6) is 0 Å². The van der Waals surface area contributed by atoms with Crippen molar-refractivity contribution in [1.29, 1.82) is 0 Å². The van der Waals surface area contributed by atoms with Crippen molar-refractivity contribution in [2.45, 2.75) is 18.3 Å². The fourth-order valence-electron chi connectivity index (χ4n) is 1.08. The van der Waals surface area contributed by atoms with Gasteiger partial charge in [-0.15, -0.1) is 4.91 Å². The Morgan fingerprint density at radius 3 is 2.39 bits per heavy atom. The van der Waals surface area contributed by atoms with E-state index in [0.717, 1.165) is 0 Å². The molecule has 100 valence electrons. The number of rotatable bonds is 6. The lowest BCUT2D eigenvalue weighted by Crippen LogP contribution is -2.12. The number of nitroso groups, excluding NO2 is 1. The maximum absolute atomic E-state index is 11.0. The molecule has 0 N–H and O–H groups in total. The number of hydrogen-bond acceptors (Lipinski definition) is 5. The summed E-state index contributed by atoms with van der Waals surface area (Å²) in [6, 6.07) is 0. The minimum atomic E-state index is -1.30. The van der Waals surface area contributed by atoms with Gasteiger partial charge in [-0.25, -0.2) is 0 Å². The van der Waals surface area contributed by atoms with Crippen molar-refractivity contribution in [2.24, 2.45) is 5.18 Å². The lowest BCUT2D eigenvalue weighted by molar-refractivity contribution is -0.420. The molecule has 0 fully saturated rings. The summed E-state index contributed by atoms with van der Waals surface area (Å²) < 4.78 is -1.30. The van der Waals surface area contributed by atoms with E-state index in [1.807, 2.05) is 0 Å². The monoisotopic (exact) mass is 317 g/mol. The quantitative estimate of drug-likeness (QED) is 0.188. The van der Waals surface area contributed by atoms with Gasteiger partial charge in [0, 0.05) is 25.7 Å². The van der Waals surface area contributed by atoms with Gasteiger partial charge in [-0.1, -0.05) is 22.0 Å². The molecule has 0 saturated heterocycles. The molecule has 0 saturated carbocycles. The maximum atomic E-state index is 11.0. The van der Waals surface area contributed by atoms with E-state index < -0.39 is 9.37 Å². The molecule has 0 spiro atoms. The summed E-state index contributed by atoms with van der Waals surface area (Å²) in [6.45, 7) is 3.12. The van der Waals surface area contributed by atoms with Crippen LogP contribution in [0.4, 0.5) is 0 Å². The van der Waals surface area contributed by atoms with Gasteiger partial charge in [0.05, 0.1) is 4.92 Å². The van der Waals surface area contributed by atoms with Gasteiger partial charge in [-0.05, 0) is 31.3 Å². The Morgan fingerprint density at radius 1 is 1.50 bits per heavy atom. The van der Waals surface area contributed by atoms with Crippen LogP contribution >= 0.6 is 15.9 Å². The van der Waals surface area contributed by atoms with E-state index in [-0.39, 0.29) is 5.70 Å². The first-order valence-electron chi connectivity index (χ1n) is 5.15. The third kappa shape index (κ3) is 5.72. The van der Waals surface area contributed by atoms with Gasteiger partial charge < -0.3 is 4.90 Å². The predicted octanol–water partition coefficient (Wildman–Crippen LogP) is 3.05. The minimum absolute atomic E-state index is 0.172. The van der Waals surface area contributed by atoms with Crippen molar-refractivity contribution >= 4 is 15.9 Å². The molecule has 0 aromatic heterocycles. The zero-order chi connectivity index (χ0) is 14.3. The summed E-state index contributed by atoms with van der Waals surface area (Å²) in [7, 11) is 3.61. The summed E-state index contributed by atoms with van der Waals surface area (Å²) in [5.74, 6) is 0. The Labute approximate surface area is 114 Å². The molecule has 1 atom stereocenters. The van der Waals surface area contributed by atoms with Crippen molar-refractivity contribution in [3.8, 4) is 0 Å². The number of nitro groups is 1. The molecule has 6 nitrogen and oxygen atoms in total. The molecule has 1 unspecified atom stereocenters. The summed E-state index contributed by atoms with van der Waals surface area (Å²) in [6.07, 6.45) is 6.06. The standard InChI is InChI=1S/C11H16BrN3O3/c1-5-9(6-7-14(3)4)10(15(17)18)8-11(2,12)13-16/h5-8H,1-4H3/b7-6+,9-5-,10-8+. The molecule has 0 aromatic rings. The molecule has 0 amide bonds. The second kappa shape index (κ2) is 7.05. The van der Waals surface area contributed by atoms with Crippen LogP contribution in [0.15, 0.2) is 40.9 Å². The van der Waals surface area contributed by atoms with Crippen LogP contribution in [-0.2, 0) is 0 Å². The predicted molar refractivity (Wildman–Crippen MR) is 74.8 cm³/mol. The number of alkyl halides is 1. The van der Waals surface area contributed by atoms with Gasteiger partial charge in [-0.3, -0.25) is 10.1 Å².